The Kier molecular flexibility index (Phi) is 4.65. The summed E-state index contributed by atoms with van der Waals surface area (Å²) < 4.78 is 5.24. The zero-order valence-corrected chi connectivity index (χ0v) is 12.1. The SMILES string of the molecule is CC(C)(CO)C(NC(=O)OCc1ccccc1)C1CC1. The van der Waals surface area contributed by atoms with Crippen LogP contribution >= 0.6 is 0 Å². The predicted molar refractivity (Wildman–Crippen MR) is 77.1 cm³/mol. The summed E-state index contributed by atoms with van der Waals surface area (Å²) in [7, 11) is 0. The van der Waals surface area contributed by atoms with Crippen LogP contribution in [0.15, 0.2) is 30.3 Å². The number of hydrogen-bond acceptors (Lipinski definition) is 3. The first-order chi connectivity index (χ1) is 9.53. The monoisotopic (exact) mass is 277 g/mol. The molecule has 1 aliphatic carbocycles. The molecule has 0 bridgehead atoms. The Morgan fingerprint density at radius 1 is 1.40 bits per heavy atom. The number of hydrogen-bond donors (Lipinski definition) is 2. The van der Waals surface area contributed by atoms with Crippen LogP contribution < -0.4 is 5.32 Å². The van der Waals surface area contributed by atoms with E-state index in [1.165, 1.54) is 0 Å². The van der Waals surface area contributed by atoms with Gasteiger partial charge < -0.3 is 15.2 Å². The van der Waals surface area contributed by atoms with E-state index in [1.54, 1.807) is 0 Å². The summed E-state index contributed by atoms with van der Waals surface area (Å²) in [4.78, 5) is 11.9. The Hall–Kier alpha value is -1.55. The van der Waals surface area contributed by atoms with E-state index in [9.17, 15) is 9.90 Å². The zero-order chi connectivity index (χ0) is 14.6. The maximum atomic E-state index is 11.9. The fourth-order valence-corrected chi connectivity index (χ4v) is 2.37. The highest BCUT2D eigenvalue weighted by Crippen LogP contribution is 2.40. The van der Waals surface area contributed by atoms with Gasteiger partial charge in [-0.1, -0.05) is 44.2 Å². The molecule has 20 heavy (non-hydrogen) atoms. The summed E-state index contributed by atoms with van der Waals surface area (Å²) in [6, 6.07) is 9.57. The highest BCUT2D eigenvalue weighted by molar-refractivity contribution is 5.67. The van der Waals surface area contributed by atoms with Crippen molar-refractivity contribution in [3.05, 3.63) is 35.9 Å². The first-order valence-electron chi connectivity index (χ1n) is 7.11. The highest BCUT2D eigenvalue weighted by Gasteiger charge is 2.42. The number of aliphatic hydroxyl groups is 1. The van der Waals surface area contributed by atoms with E-state index in [0.29, 0.717) is 5.92 Å². The van der Waals surface area contributed by atoms with Gasteiger partial charge in [0.05, 0.1) is 6.61 Å². The Bertz CT molecular complexity index is 440. The molecule has 110 valence electrons. The third-order valence-corrected chi connectivity index (χ3v) is 3.83. The van der Waals surface area contributed by atoms with Crippen LogP contribution in [0.1, 0.15) is 32.3 Å². The molecule has 0 aliphatic heterocycles. The van der Waals surface area contributed by atoms with Crippen molar-refractivity contribution in [1.29, 1.82) is 0 Å². The number of carbonyl (C=O) groups is 1. The summed E-state index contributed by atoms with van der Waals surface area (Å²) in [5, 5.41) is 12.4. The number of amides is 1. The third-order valence-electron chi connectivity index (χ3n) is 3.83. The van der Waals surface area contributed by atoms with Crippen molar-refractivity contribution in [1.82, 2.24) is 5.32 Å². The van der Waals surface area contributed by atoms with Gasteiger partial charge in [-0.15, -0.1) is 0 Å². The second kappa shape index (κ2) is 6.27. The van der Waals surface area contributed by atoms with Crippen molar-refractivity contribution in [3.63, 3.8) is 0 Å². The summed E-state index contributed by atoms with van der Waals surface area (Å²) in [6.45, 7) is 4.25. The summed E-state index contributed by atoms with van der Waals surface area (Å²) in [5.74, 6) is 0.460. The van der Waals surface area contributed by atoms with Crippen molar-refractivity contribution >= 4 is 6.09 Å². The molecule has 1 amide bonds. The van der Waals surface area contributed by atoms with Gasteiger partial charge in [0, 0.05) is 11.5 Å². The van der Waals surface area contributed by atoms with Crippen LogP contribution in [0.4, 0.5) is 4.79 Å². The van der Waals surface area contributed by atoms with Crippen LogP contribution in [0.5, 0.6) is 0 Å². The van der Waals surface area contributed by atoms with Crippen molar-refractivity contribution in [3.8, 4) is 0 Å². The molecule has 2 rings (SSSR count). The standard InChI is InChI=1S/C16H23NO3/c1-16(2,11-18)14(13-8-9-13)17-15(19)20-10-12-6-4-3-5-7-12/h3-7,13-14,18H,8-11H2,1-2H3,(H,17,19). The van der Waals surface area contributed by atoms with Gasteiger partial charge in [-0.25, -0.2) is 4.79 Å². The lowest BCUT2D eigenvalue weighted by Gasteiger charge is -2.33. The van der Waals surface area contributed by atoms with Crippen LogP contribution in [0.2, 0.25) is 0 Å². The average molecular weight is 277 g/mol. The van der Waals surface area contributed by atoms with Crippen LogP contribution in [0.25, 0.3) is 0 Å². The molecule has 1 saturated carbocycles. The Morgan fingerprint density at radius 2 is 2.05 bits per heavy atom. The van der Waals surface area contributed by atoms with Gasteiger partial charge in [0.2, 0.25) is 0 Å². The van der Waals surface area contributed by atoms with E-state index in [-0.39, 0.29) is 24.7 Å². The van der Waals surface area contributed by atoms with Gasteiger partial charge >= 0.3 is 6.09 Å². The Morgan fingerprint density at radius 3 is 2.60 bits per heavy atom. The number of nitrogens with one attached hydrogen (secondary N) is 1. The highest BCUT2D eigenvalue weighted by atomic mass is 16.5. The quantitative estimate of drug-likeness (QED) is 0.840. The number of alkyl carbamates (subject to hydrolysis) is 1. The molecule has 2 N–H and O–H groups in total. The smallest absolute Gasteiger partial charge is 0.407 e. The molecule has 0 saturated heterocycles. The van der Waals surface area contributed by atoms with Gasteiger partial charge in [-0.3, -0.25) is 0 Å². The van der Waals surface area contributed by atoms with E-state index >= 15 is 0 Å². The van der Waals surface area contributed by atoms with Crippen molar-refractivity contribution < 1.29 is 14.6 Å². The topological polar surface area (TPSA) is 58.6 Å². The zero-order valence-electron chi connectivity index (χ0n) is 12.1. The van der Waals surface area contributed by atoms with Gasteiger partial charge in [-0.05, 0) is 24.3 Å². The van der Waals surface area contributed by atoms with E-state index in [4.69, 9.17) is 4.74 Å². The first-order valence-corrected chi connectivity index (χ1v) is 7.11. The Labute approximate surface area is 120 Å². The fourth-order valence-electron chi connectivity index (χ4n) is 2.37. The summed E-state index contributed by atoms with van der Waals surface area (Å²) >= 11 is 0. The fraction of sp³-hybridized carbons (Fsp3) is 0.562. The van der Waals surface area contributed by atoms with Gasteiger partial charge in [0.1, 0.15) is 6.61 Å². The third kappa shape index (κ3) is 3.97. The number of benzene rings is 1. The largest absolute Gasteiger partial charge is 0.445 e. The molecule has 4 nitrogen and oxygen atoms in total. The van der Waals surface area contributed by atoms with E-state index in [2.05, 4.69) is 5.32 Å². The number of carbonyl (C=O) groups excluding carboxylic acids is 1. The maximum absolute atomic E-state index is 11.9. The molecule has 1 aromatic rings. The predicted octanol–water partition coefficient (Wildman–Crippen LogP) is 2.71. The second-order valence-corrected chi connectivity index (χ2v) is 6.17. The van der Waals surface area contributed by atoms with Gasteiger partial charge in [0.15, 0.2) is 0 Å². The van der Waals surface area contributed by atoms with Crippen LogP contribution in [-0.4, -0.2) is 23.8 Å². The van der Waals surface area contributed by atoms with Crippen LogP contribution in [0.3, 0.4) is 0 Å². The molecule has 1 aliphatic rings. The lowest BCUT2D eigenvalue weighted by molar-refractivity contribution is 0.0878. The lowest BCUT2D eigenvalue weighted by Crippen LogP contribution is -2.48. The first kappa shape index (κ1) is 14.9. The lowest BCUT2D eigenvalue weighted by atomic mass is 9.82. The summed E-state index contributed by atoms with van der Waals surface area (Å²) in [6.07, 6.45) is 1.80. The van der Waals surface area contributed by atoms with Crippen molar-refractivity contribution in [2.45, 2.75) is 39.3 Å². The second-order valence-electron chi connectivity index (χ2n) is 6.17. The van der Waals surface area contributed by atoms with Gasteiger partial charge in [-0.2, -0.15) is 0 Å². The molecular weight excluding hydrogens is 254 g/mol. The minimum atomic E-state index is -0.410. The minimum absolute atomic E-state index is 0.0317. The van der Waals surface area contributed by atoms with Crippen molar-refractivity contribution in [2.75, 3.05) is 6.61 Å². The molecule has 1 unspecified atom stereocenters. The maximum Gasteiger partial charge on any atom is 0.407 e. The number of aliphatic hydroxyl groups excluding tert-OH is 1. The average Bonchev–Trinajstić information content (AvgIpc) is 3.28. The molecule has 4 heteroatoms. The van der Waals surface area contributed by atoms with E-state index in [1.807, 2.05) is 44.2 Å². The molecular formula is C16H23NO3. The Balaban J connectivity index is 1.86. The molecule has 0 heterocycles. The van der Waals surface area contributed by atoms with E-state index in [0.717, 1.165) is 18.4 Å². The van der Waals surface area contributed by atoms with Crippen LogP contribution in [0, 0.1) is 11.3 Å². The molecule has 1 fully saturated rings. The molecule has 0 aromatic heterocycles. The number of ether oxygens (including phenoxy) is 1. The molecule has 1 atom stereocenters. The van der Waals surface area contributed by atoms with Crippen molar-refractivity contribution in [2.24, 2.45) is 11.3 Å². The normalized spacial score (nSPS) is 16.6. The van der Waals surface area contributed by atoms with Gasteiger partial charge in [0.25, 0.3) is 0 Å². The summed E-state index contributed by atoms with van der Waals surface area (Å²) in [5.41, 5.74) is 0.638. The molecule has 1 aromatic carbocycles. The number of rotatable bonds is 6. The minimum Gasteiger partial charge on any atom is -0.445 e. The molecule has 0 radical (unpaired) electrons. The van der Waals surface area contributed by atoms with E-state index < -0.39 is 6.09 Å². The molecule has 0 spiro atoms. The van der Waals surface area contributed by atoms with Crippen LogP contribution in [-0.2, 0) is 11.3 Å².